The van der Waals surface area contributed by atoms with E-state index in [1.165, 1.54) is 5.06 Å². The lowest BCUT2D eigenvalue weighted by Crippen LogP contribution is -2.47. The maximum Gasteiger partial charge on any atom is 0.291 e. The van der Waals surface area contributed by atoms with Crippen LogP contribution in [0.3, 0.4) is 0 Å². The number of hydrogen-bond donors (Lipinski definition) is 2. The highest BCUT2D eigenvalue weighted by molar-refractivity contribution is 6.99. The Morgan fingerprint density at radius 2 is 1.85 bits per heavy atom. The van der Waals surface area contributed by atoms with Gasteiger partial charge in [0.15, 0.2) is 0 Å². The van der Waals surface area contributed by atoms with Gasteiger partial charge in [-0.2, -0.15) is 0 Å². The van der Waals surface area contributed by atoms with Crippen LogP contribution in [-0.2, 0) is 5.21 Å². The van der Waals surface area contributed by atoms with E-state index >= 15 is 0 Å². The Labute approximate surface area is 166 Å². The van der Waals surface area contributed by atoms with Gasteiger partial charge in [0.2, 0.25) is 0 Å². The molecule has 2 heterocycles. The van der Waals surface area contributed by atoms with Crippen LogP contribution in [0.5, 0.6) is 11.8 Å². The summed E-state index contributed by atoms with van der Waals surface area (Å²) >= 11 is 0.999. The van der Waals surface area contributed by atoms with Crippen LogP contribution in [-0.4, -0.2) is 61.4 Å². The minimum Gasteiger partial charge on any atom is -0.473 e. The summed E-state index contributed by atoms with van der Waals surface area (Å²) in [4.78, 5) is 0. The summed E-state index contributed by atoms with van der Waals surface area (Å²) in [6.07, 6.45) is 0.0800. The first-order valence-electron chi connectivity index (χ1n) is 9.31. The van der Waals surface area contributed by atoms with E-state index in [2.05, 4.69) is 14.1 Å². The number of hydrogen-bond acceptors (Lipinski definition) is 8. The summed E-state index contributed by atoms with van der Waals surface area (Å²) in [5, 5.41) is 26.9. The van der Waals surface area contributed by atoms with Crippen LogP contribution in [0.4, 0.5) is 0 Å². The average Bonchev–Trinajstić information content (AvgIpc) is 3.05. The van der Waals surface area contributed by atoms with E-state index in [0.717, 1.165) is 18.1 Å². The van der Waals surface area contributed by atoms with Crippen molar-refractivity contribution in [2.24, 2.45) is 5.92 Å². The van der Waals surface area contributed by atoms with Crippen molar-refractivity contribution in [3.63, 3.8) is 0 Å². The van der Waals surface area contributed by atoms with Gasteiger partial charge in [-0.15, -0.1) is 19.0 Å². The standard InChI is InChI=1S/C18H33N4O4S/c1-16(2,3)19-9-13(23)11-26-15-14(20-27-21-15)25-10-12-8-17(4,5)22(24)18(12,6)7/h12-13,19,23H,8-11H2,1-7H3. The zero-order valence-electron chi connectivity index (χ0n) is 17.4. The van der Waals surface area contributed by atoms with Crippen molar-refractivity contribution in [2.75, 3.05) is 19.8 Å². The molecular weight excluding hydrogens is 368 g/mol. The highest BCUT2D eigenvalue weighted by Gasteiger charge is 2.52. The van der Waals surface area contributed by atoms with Crippen molar-refractivity contribution in [1.29, 1.82) is 0 Å². The molecule has 2 atom stereocenters. The second-order valence-corrected chi connectivity index (χ2v) is 9.97. The summed E-state index contributed by atoms with van der Waals surface area (Å²) in [6.45, 7) is 14.8. The quantitative estimate of drug-likeness (QED) is 0.689. The van der Waals surface area contributed by atoms with Crippen molar-refractivity contribution in [3.05, 3.63) is 0 Å². The number of β-amino-alcohol motifs (C(OH)–C–C–N with tert-alkyl or cyclic N) is 1. The topological polar surface area (TPSA) is 99.6 Å². The Morgan fingerprint density at radius 1 is 1.26 bits per heavy atom. The largest absolute Gasteiger partial charge is 0.473 e. The predicted octanol–water partition coefficient (Wildman–Crippen LogP) is 2.27. The lowest BCUT2D eigenvalue weighted by Gasteiger charge is -2.33. The van der Waals surface area contributed by atoms with Gasteiger partial charge in [0.05, 0.1) is 23.9 Å². The number of nitrogens with one attached hydrogen (secondary N) is 1. The average molecular weight is 402 g/mol. The molecular formula is C18H33N4O4S. The molecule has 1 radical (unpaired) electrons. The van der Waals surface area contributed by atoms with Crippen molar-refractivity contribution >= 4 is 11.7 Å². The number of ether oxygens (including phenoxy) is 2. The van der Waals surface area contributed by atoms with E-state index in [1.54, 1.807) is 0 Å². The molecule has 0 aromatic carbocycles. The summed E-state index contributed by atoms with van der Waals surface area (Å²) < 4.78 is 19.7. The van der Waals surface area contributed by atoms with Gasteiger partial charge in [-0.25, -0.2) is 0 Å². The lowest BCUT2D eigenvalue weighted by atomic mass is 9.88. The first-order chi connectivity index (χ1) is 12.3. The summed E-state index contributed by atoms with van der Waals surface area (Å²) in [5.41, 5.74) is -1.00. The molecule has 1 fully saturated rings. The Hall–Kier alpha value is -1.00. The monoisotopic (exact) mass is 401 g/mol. The van der Waals surface area contributed by atoms with E-state index in [4.69, 9.17) is 9.47 Å². The summed E-state index contributed by atoms with van der Waals surface area (Å²) in [7, 11) is 0. The van der Waals surface area contributed by atoms with Crippen LogP contribution in [0.1, 0.15) is 54.9 Å². The fourth-order valence-corrected chi connectivity index (χ4v) is 3.78. The van der Waals surface area contributed by atoms with E-state index in [-0.39, 0.29) is 23.9 Å². The number of rotatable bonds is 8. The molecule has 0 saturated carbocycles. The smallest absolute Gasteiger partial charge is 0.291 e. The molecule has 1 aliphatic rings. The second kappa shape index (κ2) is 8.16. The van der Waals surface area contributed by atoms with Crippen LogP contribution in [0, 0.1) is 5.92 Å². The maximum absolute atomic E-state index is 12.5. The normalized spacial score (nSPS) is 23.4. The van der Waals surface area contributed by atoms with Crippen LogP contribution in [0.15, 0.2) is 0 Å². The molecule has 2 rings (SSSR count). The van der Waals surface area contributed by atoms with Crippen molar-refractivity contribution in [2.45, 2.75) is 77.6 Å². The third-order valence-corrected chi connectivity index (χ3v) is 5.45. The van der Waals surface area contributed by atoms with Crippen LogP contribution in [0.25, 0.3) is 0 Å². The highest BCUT2D eigenvalue weighted by atomic mass is 32.1. The maximum atomic E-state index is 12.5. The highest BCUT2D eigenvalue weighted by Crippen LogP contribution is 2.44. The third kappa shape index (κ3) is 5.74. The van der Waals surface area contributed by atoms with Gasteiger partial charge >= 0.3 is 0 Å². The molecule has 1 aromatic rings. The fraction of sp³-hybridized carbons (Fsp3) is 0.889. The van der Waals surface area contributed by atoms with Gasteiger partial charge < -0.3 is 19.9 Å². The van der Waals surface area contributed by atoms with Gasteiger partial charge in [0, 0.05) is 23.5 Å². The zero-order valence-corrected chi connectivity index (χ0v) is 18.2. The molecule has 0 spiro atoms. The number of aromatic nitrogens is 2. The molecule has 1 saturated heterocycles. The van der Waals surface area contributed by atoms with Gasteiger partial charge in [-0.3, -0.25) is 0 Å². The van der Waals surface area contributed by atoms with Gasteiger partial charge in [-0.05, 0) is 54.9 Å². The van der Waals surface area contributed by atoms with Crippen LogP contribution in [0.2, 0.25) is 0 Å². The Kier molecular flexibility index (Phi) is 6.74. The van der Waals surface area contributed by atoms with E-state index in [1.807, 2.05) is 48.5 Å². The van der Waals surface area contributed by atoms with Gasteiger partial charge in [0.25, 0.3) is 11.8 Å². The van der Waals surface area contributed by atoms with Crippen molar-refractivity contribution in [3.8, 4) is 11.8 Å². The summed E-state index contributed by atoms with van der Waals surface area (Å²) in [6, 6.07) is 0. The van der Waals surface area contributed by atoms with Crippen LogP contribution < -0.4 is 14.8 Å². The van der Waals surface area contributed by atoms with Crippen molar-refractivity contribution in [1.82, 2.24) is 19.1 Å². The molecule has 2 unspecified atom stereocenters. The van der Waals surface area contributed by atoms with E-state index in [9.17, 15) is 10.3 Å². The van der Waals surface area contributed by atoms with Gasteiger partial charge in [-0.1, -0.05) is 0 Å². The third-order valence-electron chi connectivity index (χ3n) is 4.95. The molecule has 0 bridgehead atoms. The molecule has 155 valence electrons. The first kappa shape index (κ1) is 22.3. The number of hydroxylamine groups is 2. The molecule has 0 amide bonds. The molecule has 8 nitrogen and oxygen atoms in total. The Morgan fingerprint density at radius 3 is 2.37 bits per heavy atom. The fourth-order valence-electron chi connectivity index (χ4n) is 3.33. The Balaban J connectivity index is 1.87. The second-order valence-electron chi connectivity index (χ2n) is 9.44. The number of aliphatic hydroxyl groups is 1. The number of nitrogens with zero attached hydrogens (tertiary/aromatic N) is 3. The molecule has 27 heavy (non-hydrogen) atoms. The zero-order chi connectivity index (χ0) is 20.5. The van der Waals surface area contributed by atoms with Crippen molar-refractivity contribution < 1.29 is 19.8 Å². The van der Waals surface area contributed by atoms with E-state index in [0.29, 0.717) is 19.0 Å². The van der Waals surface area contributed by atoms with E-state index < -0.39 is 17.2 Å². The SMILES string of the molecule is CC(C)(C)NCC(O)COc1nsnc1OCC1CC(C)(C)N([O])C1(C)C. The Bertz CT molecular complexity index is 615. The predicted molar refractivity (Wildman–Crippen MR) is 103 cm³/mol. The molecule has 1 aromatic heterocycles. The minimum absolute atomic E-state index is 0.0705. The minimum atomic E-state index is -0.664. The molecule has 1 aliphatic heterocycles. The number of aliphatic hydroxyl groups excluding tert-OH is 1. The lowest BCUT2D eigenvalue weighted by molar-refractivity contribution is -0.249. The first-order valence-corrected chi connectivity index (χ1v) is 10.0. The summed E-state index contributed by atoms with van der Waals surface area (Å²) in [5.74, 6) is 0.666. The molecule has 2 N–H and O–H groups in total. The van der Waals surface area contributed by atoms with Crippen LogP contribution >= 0.6 is 11.7 Å². The molecule has 9 heteroatoms. The molecule has 0 aliphatic carbocycles. The van der Waals surface area contributed by atoms with Gasteiger partial charge in [0.1, 0.15) is 12.7 Å².